The van der Waals surface area contributed by atoms with Gasteiger partial charge in [0.05, 0.1) is 28.9 Å². The van der Waals surface area contributed by atoms with E-state index in [4.69, 9.17) is 11.0 Å². The number of hydrogen-bond acceptors (Lipinski definition) is 5. The molecule has 0 radical (unpaired) electrons. The van der Waals surface area contributed by atoms with E-state index in [-0.39, 0.29) is 11.7 Å². The molecule has 27 heavy (non-hydrogen) atoms. The number of likely N-dealkylation sites (N-methyl/N-ethyl adjacent to an activating group) is 1. The van der Waals surface area contributed by atoms with Crippen molar-refractivity contribution < 1.29 is 18.0 Å². The zero-order valence-corrected chi connectivity index (χ0v) is 14.1. The molecule has 0 aliphatic carbocycles. The second-order valence-corrected chi connectivity index (χ2v) is 6.01. The van der Waals surface area contributed by atoms with Crippen LogP contribution in [-0.2, 0) is 11.0 Å². The second-order valence-electron chi connectivity index (χ2n) is 6.01. The number of halogens is 3. The largest absolute Gasteiger partial charge is 0.417 e. The SMILES string of the molecule is CN1C(=O)[C@H](c2ccc(C(F)(F)F)cn2)[C@@H](c2cccc(C#N)c2)N=C1N. The fraction of sp³-hybridized carbons (Fsp3) is 0.222. The van der Waals surface area contributed by atoms with E-state index >= 15 is 0 Å². The number of nitriles is 1. The topological polar surface area (TPSA) is 95.4 Å². The minimum absolute atomic E-state index is 0.0180. The van der Waals surface area contributed by atoms with E-state index in [1.54, 1.807) is 24.3 Å². The highest BCUT2D eigenvalue weighted by molar-refractivity contribution is 6.01. The Bertz CT molecular complexity index is 947. The molecule has 1 aromatic heterocycles. The van der Waals surface area contributed by atoms with E-state index < -0.39 is 29.6 Å². The van der Waals surface area contributed by atoms with Crippen molar-refractivity contribution in [1.82, 2.24) is 9.88 Å². The molecule has 9 heteroatoms. The lowest BCUT2D eigenvalue weighted by molar-refractivity contribution is -0.137. The number of pyridine rings is 1. The normalized spacial score (nSPS) is 20.2. The second kappa shape index (κ2) is 6.72. The average Bonchev–Trinajstić information content (AvgIpc) is 2.65. The van der Waals surface area contributed by atoms with Crippen LogP contribution >= 0.6 is 0 Å². The van der Waals surface area contributed by atoms with Crippen molar-refractivity contribution in [3.63, 3.8) is 0 Å². The van der Waals surface area contributed by atoms with E-state index in [0.717, 1.165) is 17.0 Å². The number of aliphatic imine (C=N–C) groups is 1. The van der Waals surface area contributed by atoms with Crippen LogP contribution in [0.2, 0.25) is 0 Å². The lowest BCUT2D eigenvalue weighted by Gasteiger charge is -2.32. The maximum absolute atomic E-state index is 12.8. The third-order valence-corrected chi connectivity index (χ3v) is 4.32. The Balaban J connectivity index is 2.09. The molecule has 0 saturated carbocycles. The van der Waals surface area contributed by atoms with Gasteiger partial charge in [0.15, 0.2) is 5.96 Å². The predicted molar refractivity (Wildman–Crippen MR) is 90.3 cm³/mol. The van der Waals surface area contributed by atoms with E-state index in [9.17, 15) is 18.0 Å². The molecule has 0 fully saturated rings. The fourth-order valence-corrected chi connectivity index (χ4v) is 2.86. The number of aromatic nitrogens is 1. The van der Waals surface area contributed by atoms with Crippen molar-refractivity contribution in [3.8, 4) is 6.07 Å². The number of benzene rings is 1. The number of hydrogen-bond donors (Lipinski definition) is 1. The molecule has 0 saturated heterocycles. The number of carbonyl (C=O) groups excluding carboxylic acids is 1. The maximum atomic E-state index is 12.8. The van der Waals surface area contributed by atoms with Gasteiger partial charge in [0.2, 0.25) is 5.91 Å². The molecule has 0 unspecified atom stereocenters. The standard InChI is InChI=1S/C18H14F3N5O/c1-26-16(27)14(13-6-5-12(9-24-13)18(19,20)21)15(25-17(26)23)11-4-2-3-10(7-11)8-22/h2-7,9,14-15H,1H3,(H2,23,25)/t14-,15-/m1/s1. The first-order valence-electron chi connectivity index (χ1n) is 7.86. The van der Waals surface area contributed by atoms with E-state index in [1.165, 1.54) is 7.05 Å². The highest BCUT2D eigenvalue weighted by Crippen LogP contribution is 2.38. The zero-order chi connectivity index (χ0) is 19.8. The number of nitrogens with two attached hydrogens (primary N) is 1. The van der Waals surface area contributed by atoms with Gasteiger partial charge in [0, 0.05) is 13.2 Å². The summed E-state index contributed by atoms with van der Waals surface area (Å²) in [5, 5.41) is 9.09. The van der Waals surface area contributed by atoms with Crippen LogP contribution in [-0.4, -0.2) is 28.8 Å². The molecular formula is C18H14F3N5O. The molecule has 3 rings (SSSR count). The Hall–Kier alpha value is -3.41. The average molecular weight is 373 g/mol. The highest BCUT2D eigenvalue weighted by atomic mass is 19.4. The van der Waals surface area contributed by atoms with Gasteiger partial charge in [0.1, 0.15) is 5.92 Å². The van der Waals surface area contributed by atoms with Gasteiger partial charge in [-0.05, 0) is 29.8 Å². The number of guanidine groups is 1. The molecule has 138 valence electrons. The summed E-state index contributed by atoms with van der Waals surface area (Å²) in [5.74, 6) is -1.42. The highest BCUT2D eigenvalue weighted by Gasteiger charge is 2.40. The Morgan fingerprint density at radius 1 is 1.26 bits per heavy atom. The van der Waals surface area contributed by atoms with Gasteiger partial charge in [-0.3, -0.25) is 14.7 Å². The first-order valence-corrected chi connectivity index (χ1v) is 7.86. The van der Waals surface area contributed by atoms with Gasteiger partial charge in [-0.25, -0.2) is 4.99 Å². The van der Waals surface area contributed by atoms with E-state index in [2.05, 4.69) is 9.98 Å². The van der Waals surface area contributed by atoms with Crippen LogP contribution < -0.4 is 5.73 Å². The van der Waals surface area contributed by atoms with Gasteiger partial charge in [-0.2, -0.15) is 18.4 Å². The third-order valence-electron chi connectivity index (χ3n) is 4.32. The van der Waals surface area contributed by atoms with Crippen molar-refractivity contribution in [1.29, 1.82) is 5.26 Å². The van der Waals surface area contributed by atoms with Crippen molar-refractivity contribution in [2.45, 2.75) is 18.1 Å². The van der Waals surface area contributed by atoms with Crippen molar-refractivity contribution >= 4 is 11.9 Å². The van der Waals surface area contributed by atoms with Crippen molar-refractivity contribution in [2.24, 2.45) is 10.7 Å². The Morgan fingerprint density at radius 3 is 2.59 bits per heavy atom. The summed E-state index contributed by atoms with van der Waals surface area (Å²) >= 11 is 0. The molecule has 1 aliphatic heterocycles. The van der Waals surface area contributed by atoms with Crippen LogP contribution in [0.3, 0.4) is 0 Å². The lowest BCUT2D eigenvalue weighted by atomic mass is 9.87. The van der Waals surface area contributed by atoms with Crippen LogP contribution in [0.1, 0.15) is 34.3 Å². The number of rotatable bonds is 2. The summed E-state index contributed by atoms with van der Waals surface area (Å²) in [5.41, 5.74) is 5.96. The van der Waals surface area contributed by atoms with Crippen LogP contribution in [0.5, 0.6) is 0 Å². The Labute approximate surface area is 152 Å². The molecule has 6 nitrogen and oxygen atoms in total. The fourth-order valence-electron chi connectivity index (χ4n) is 2.86. The van der Waals surface area contributed by atoms with Crippen molar-refractivity contribution in [2.75, 3.05) is 7.05 Å². The van der Waals surface area contributed by atoms with E-state index in [0.29, 0.717) is 17.3 Å². The monoisotopic (exact) mass is 373 g/mol. The van der Waals surface area contributed by atoms with Crippen molar-refractivity contribution in [3.05, 3.63) is 65.0 Å². The molecule has 2 heterocycles. The first kappa shape index (κ1) is 18.4. The summed E-state index contributed by atoms with van der Waals surface area (Å²) in [4.78, 5) is 22.1. The Kier molecular flexibility index (Phi) is 4.57. The molecule has 0 spiro atoms. The molecule has 2 aromatic rings. The number of amides is 1. The maximum Gasteiger partial charge on any atom is 0.417 e. The van der Waals surface area contributed by atoms with Crippen LogP contribution in [0.25, 0.3) is 0 Å². The lowest BCUT2D eigenvalue weighted by Crippen LogP contribution is -2.47. The predicted octanol–water partition coefficient (Wildman–Crippen LogP) is 2.58. The zero-order valence-electron chi connectivity index (χ0n) is 14.1. The summed E-state index contributed by atoms with van der Waals surface area (Å²) in [6.45, 7) is 0. The molecule has 2 atom stereocenters. The third kappa shape index (κ3) is 3.46. The summed E-state index contributed by atoms with van der Waals surface area (Å²) < 4.78 is 38.4. The smallest absolute Gasteiger partial charge is 0.369 e. The molecule has 1 aromatic carbocycles. The minimum Gasteiger partial charge on any atom is -0.369 e. The molecule has 0 bridgehead atoms. The van der Waals surface area contributed by atoms with Gasteiger partial charge >= 0.3 is 6.18 Å². The molecule has 1 aliphatic rings. The molecule has 2 N–H and O–H groups in total. The van der Waals surface area contributed by atoms with E-state index in [1.807, 2.05) is 6.07 Å². The van der Waals surface area contributed by atoms with Crippen LogP contribution in [0.15, 0.2) is 47.6 Å². The Morgan fingerprint density at radius 2 is 2.00 bits per heavy atom. The molecule has 1 amide bonds. The van der Waals surface area contributed by atoms with Crippen LogP contribution in [0, 0.1) is 11.3 Å². The van der Waals surface area contributed by atoms with Gasteiger partial charge in [-0.15, -0.1) is 0 Å². The number of alkyl halides is 3. The van der Waals surface area contributed by atoms with Crippen LogP contribution in [0.4, 0.5) is 13.2 Å². The first-order chi connectivity index (χ1) is 12.7. The summed E-state index contributed by atoms with van der Waals surface area (Å²) in [7, 11) is 1.43. The van der Waals surface area contributed by atoms with Gasteiger partial charge in [0.25, 0.3) is 0 Å². The number of carbonyl (C=O) groups is 1. The molecular weight excluding hydrogens is 359 g/mol. The van der Waals surface area contributed by atoms with Gasteiger partial charge in [-0.1, -0.05) is 12.1 Å². The summed E-state index contributed by atoms with van der Waals surface area (Å²) in [6.07, 6.45) is -3.84. The minimum atomic E-state index is -4.53. The quantitative estimate of drug-likeness (QED) is 0.875. The van der Waals surface area contributed by atoms with Gasteiger partial charge < -0.3 is 5.73 Å². The number of nitrogens with zero attached hydrogens (tertiary/aromatic N) is 4. The summed E-state index contributed by atoms with van der Waals surface area (Å²) in [6, 6.07) is 9.72.